The van der Waals surface area contributed by atoms with E-state index in [1.165, 1.54) is 12.0 Å². The van der Waals surface area contributed by atoms with E-state index in [9.17, 15) is 9.59 Å². The van der Waals surface area contributed by atoms with Gasteiger partial charge in [-0.1, -0.05) is 13.8 Å². The molecule has 0 bridgehead atoms. The van der Waals surface area contributed by atoms with Gasteiger partial charge >= 0.3 is 5.97 Å². The maximum atomic E-state index is 11.4. The van der Waals surface area contributed by atoms with Gasteiger partial charge in [0.2, 0.25) is 5.91 Å². The monoisotopic (exact) mass is 219 g/mol. The van der Waals surface area contributed by atoms with Gasteiger partial charge in [-0.25, -0.2) is 0 Å². The van der Waals surface area contributed by atoms with Gasteiger partial charge < -0.3 is 9.64 Å². The molecule has 0 aromatic heterocycles. The van der Waals surface area contributed by atoms with Gasteiger partial charge in [0.25, 0.3) is 0 Å². The molecule has 0 aromatic rings. The number of esters is 1. The van der Waals surface area contributed by atoms with Gasteiger partial charge in [-0.2, -0.15) is 0 Å². The van der Waals surface area contributed by atoms with Crippen molar-refractivity contribution in [3.05, 3.63) is 0 Å². The second-order valence-corrected chi connectivity index (χ2v) is 4.75. The second kappa shape index (κ2) is 6.70. The highest BCUT2D eigenvalue weighted by Crippen LogP contribution is 2.09. The third kappa shape index (κ3) is 5.85. The molecule has 0 fully saturated rings. The van der Waals surface area contributed by atoms with Crippen molar-refractivity contribution in [2.24, 2.45) is 0 Å². The normalized spacial score (nSPS) is 10.1. The number of carbonyl (C=O) groups excluding carboxylic acids is 2. The minimum absolute atomic E-state index is 0.0218. The molecule has 0 aromatic carbocycles. The lowest BCUT2D eigenvalue weighted by molar-refractivity contribution is -0.145. The number of nitrogens with zero attached hydrogens (tertiary/aromatic N) is 1. The first-order valence-electron chi connectivity index (χ1n) is 4.39. The summed E-state index contributed by atoms with van der Waals surface area (Å²) < 4.78 is 4.46. The van der Waals surface area contributed by atoms with E-state index in [4.69, 9.17) is 0 Å². The van der Waals surface area contributed by atoms with Crippen molar-refractivity contribution in [3.8, 4) is 0 Å². The van der Waals surface area contributed by atoms with Gasteiger partial charge in [-0.15, -0.1) is 11.8 Å². The average molecular weight is 219 g/mol. The van der Waals surface area contributed by atoms with Crippen molar-refractivity contribution in [2.45, 2.75) is 19.1 Å². The SMILES string of the molecule is COC(=O)CN(C)C(=O)CSC(C)C. The highest BCUT2D eigenvalue weighted by molar-refractivity contribution is 8.00. The molecule has 82 valence electrons. The van der Waals surface area contributed by atoms with E-state index in [-0.39, 0.29) is 12.5 Å². The predicted octanol–water partition coefficient (Wildman–Crippen LogP) is 0.759. The molecular weight excluding hydrogens is 202 g/mol. The molecule has 0 saturated heterocycles. The molecule has 0 spiro atoms. The molecule has 0 saturated carbocycles. The van der Waals surface area contributed by atoms with Gasteiger partial charge in [0.15, 0.2) is 0 Å². The molecule has 14 heavy (non-hydrogen) atoms. The number of likely N-dealkylation sites (N-methyl/N-ethyl adjacent to an activating group) is 1. The minimum atomic E-state index is -0.393. The van der Waals surface area contributed by atoms with Crippen LogP contribution in [0.3, 0.4) is 0 Å². The van der Waals surface area contributed by atoms with Crippen molar-refractivity contribution < 1.29 is 14.3 Å². The van der Waals surface area contributed by atoms with E-state index < -0.39 is 5.97 Å². The van der Waals surface area contributed by atoms with Crippen molar-refractivity contribution in [2.75, 3.05) is 26.5 Å². The Morgan fingerprint density at radius 1 is 1.43 bits per heavy atom. The van der Waals surface area contributed by atoms with Crippen LogP contribution in [-0.4, -0.2) is 48.5 Å². The summed E-state index contributed by atoms with van der Waals surface area (Å²) in [7, 11) is 2.91. The van der Waals surface area contributed by atoms with E-state index in [2.05, 4.69) is 4.74 Å². The summed E-state index contributed by atoms with van der Waals surface area (Å²) in [5, 5.41) is 0.422. The maximum absolute atomic E-state index is 11.4. The quantitative estimate of drug-likeness (QED) is 0.640. The van der Waals surface area contributed by atoms with Crippen LogP contribution in [0.1, 0.15) is 13.8 Å². The fraction of sp³-hybridized carbons (Fsp3) is 0.778. The molecule has 4 nitrogen and oxygen atoms in total. The van der Waals surface area contributed by atoms with Gasteiger partial charge in [0.1, 0.15) is 6.54 Å². The lowest BCUT2D eigenvalue weighted by Gasteiger charge is -2.15. The molecule has 5 heteroatoms. The summed E-state index contributed by atoms with van der Waals surface area (Å²) in [6, 6.07) is 0. The molecule has 0 aliphatic rings. The third-order valence-electron chi connectivity index (χ3n) is 1.56. The van der Waals surface area contributed by atoms with E-state index in [1.54, 1.807) is 18.8 Å². The molecule has 1 amide bonds. The predicted molar refractivity (Wildman–Crippen MR) is 57.2 cm³/mol. The van der Waals surface area contributed by atoms with Crippen molar-refractivity contribution >= 4 is 23.6 Å². The van der Waals surface area contributed by atoms with Gasteiger partial charge in [-0.05, 0) is 5.25 Å². The van der Waals surface area contributed by atoms with E-state index >= 15 is 0 Å². The zero-order valence-corrected chi connectivity index (χ0v) is 9.89. The van der Waals surface area contributed by atoms with Crippen LogP contribution in [0.25, 0.3) is 0 Å². The van der Waals surface area contributed by atoms with Crippen LogP contribution in [0.4, 0.5) is 0 Å². The summed E-state index contributed by atoms with van der Waals surface area (Å²) in [6.07, 6.45) is 0. The fourth-order valence-electron chi connectivity index (χ4n) is 0.695. The Balaban J connectivity index is 3.82. The standard InChI is InChI=1S/C9H17NO3S/c1-7(2)14-6-8(11)10(3)5-9(12)13-4/h7H,5-6H2,1-4H3. The van der Waals surface area contributed by atoms with Crippen molar-refractivity contribution in [3.63, 3.8) is 0 Å². The van der Waals surface area contributed by atoms with Crippen molar-refractivity contribution in [1.82, 2.24) is 4.90 Å². The zero-order chi connectivity index (χ0) is 11.1. The topological polar surface area (TPSA) is 46.6 Å². The first-order chi connectivity index (χ1) is 6.47. The fourth-order valence-corrected chi connectivity index (χ4v) is 1.39. The summed E-state index contributed by atoms with van der Waals surface area (Å²) in [5.74, 6) is -0.0324. The molecule has 0 radical (unpaired) electrons. The Kier molecular flexibility index (Phi) is 6.36. The number of methoxy groups -OCH3 is 1. The Morgan fingerprint density at radius 3 is 2.43 bits per heavy atom. The molecule has 0 N–H and O–H groups in total. The Labute approximate surface area is 89.0 Å². The zero-order valence-electron chi connectivity index (χ0n) is 9.07. The molecule has 0 atom stereocenters. The summed E-state index contributed by atoms with van der Waals surface area (Å²) in [4.78, 5) is 23.6. The summed E-state index contributed by atoms with van der Waals surface area (Å²) in [6.45, 7) is 4.07. The molecule has 0 rings (SSSR count). The van der Waals surface area contributed by atoms with Crippen LogP contribution in [-0.2, 0) is 14.3 Å². The van der Waals surface area contributed by atoms with E-state index in [0.717, 1.165) is 0 Å². The summed E-state index contributed by atoms with van der Waals surface area (Å²) in [5.41, 5.74) is 0. The van der Waals surface area contributed by atoms with E-state index in [1.807, 2.05) is 13.8 Å². The Bertz CT molecular complexity index is 206. The second-order valence-electron chi connectivity index (χ2n) is 3.19. The molecule has 0 heterocycles. The van der Waals surface area contributed by atoms with Crippen LogP contribution >= 0.6 is 11.8 Å². The number of hydrogen-bond donors (Lipinski definition) is 0. The minimum Gasteiger partial charge on any atom is -0.468 e. The number of hydrogen-bond acceptors (Lipinski definition) is 4. The number of rotatable bonds is 5. The highest BCUT2D eigenvalue weighted by atomic mass is 32.2. The first-order valence-corrected chi connectivity index (χ1v) is 5.44. The van der Waals surface area contributed by atoms with Crippen molar-refractivity contribution in [1.29, 1.82) is 0 Å². The Hall–Kier alpha value is -0.710. The first kappa shape index (κ1) is 13.3. The molecule has 0 unspecified atom stereocenters. The van der Waals surface area contributed by atoms with E-state index in [0.29, 0.717) is 11.0 Å². The van der Waals surface area contributed by atoms with Crippen LogP contribution in [0.15, 0.2) is 0 Å². The summed E-state index contributed by atoms with van der Waals surface area (Å²) >= 11 is 1.56. The van der Waals surface area contributed by atoms with Gasteiger partial charge in [-0.3, -0.25) is 9.59 Å². The van der Waals surface area contributed by atoms with Crippen LogP contribution in [0.2, 0.25) is 0 Å². The number of carbonyl (C=O) groups is 2. The highest BCUT2D eigenvalue weighted by Gasteiger charge is 2.13. The number of ether oxygens (including phenoxy) is 1. The largest absolute Gasteiger partial charge is 0.468 e. The van der Waals surface area contributed by atoms with Crippen LogP contribution in [0.5, 0.6) is 0 Å². The van der Waals surface area contributed by atoms with Gasteiger partial charge in [0, 0.05) is 7.05 Å². The average Bonchev–Trinajstić information content (AvgIpc) is 2.13. The number of thioether (sulfide) groups is 1. The maximum Gasteiger partial charge on any atom is 0.325 e. The van der Waals surface area contributed by atoms with Crippen LogP contribution < -0.4 is 0 Å². The third-order valence-corrected chi connectivity index (χ3v) is 2.64. The molecule has 0 aliphatic carbocycles. The number of amides is 1. The van der Waals surface area contributed by atoms with Gasteiger partial charge in [0.05, 0.1) is 12.9 Å². The van der Waals surface area contributed by atoms with Crippen LogP contribution in [0, 0.1) is 0 Å². The Morgan fingerprint density at radius 2 is 2.00 bits per heavy atom. The lowest BCUT2D eigenvalue weighted by Crippen LogP contribution is -2.34. The molecule has 0 aliphatic heterocycles. The lowest BCUT2D eigenvalue weighted by atomic mass is 10.5. The molecular formula is C9H17NO3S. The smallest absolute Gasteiger partial charge is 0.325 e.